The minimum atomic E-state index is -0.220. The van der Waals surface area contributed by atoms with Crippen LogP contribution in [-0.2, 0) is 22.6 Å². The SMILES string of the molecule is Cc1[nH]nc2c1CN(C(=O)CCC(=O)Nc1nncs1)CC2. The summed E-state index contributed by atoms with van der Waals surface area (Å²) < 4.78 is 0. The van der Waals surface area contributed by atoms with Gasteiger partial charge in [-0.2, -0.15) is 5.10 Å². The summed E-state index contributed by atoms with van der Waals surface area (Å²) in [7, 11) is 0. The number of amides is 2. The lowest BCUT2D eigenvalue weighted by Crippen LogP contribution is -2.36. The van der Waals surface area contributed by atoms with Gasteiger partial charge in [-0.15, -0.1) is 10.2 Å². The van der Waals surface area contributed by atoms with E-state index in [-0.39, 0.29) is 24.7 Å². The number of nitrogens with zero attached hydrogens (tertiary/aromatic N) is 4. The van der Waals surface area contributed by atoms with Crippen molar-refractivity contribution in [2.75, 3.05) is 11.9 Å². The fourth-order valence-electron chi connectivity index (χ4n) is 2.43. The van der Waals surface area contributed by atoms with Gasteiger partial charge in [0.2, 0.25) is 16.9 Å². The summed E-state index contributed by atoms with van der Waals surface area (Å²) in [5.74, 6) is -0.235. The van der Waals surface area contributed by atoms with E-state index in [0.29, 0.717) is 18.2 Å². The number of hydrogen-bond donors (Lipinski definition) is 2. The van der Waals surface area contributed by atoms with Crippen molar-refractivity contribution in [1.29, 1.82) is 0 Å². The summed E-state index contributed by atoms with van der Waals surface area (Å²) in [5, 5.41) is 17.6. The third-order valence-electron chi connectivity index (χ3n) is 3.65. The molecule has 1 aliphatic rings. The van der Waals surface area contributed by atoms with Crippen LogP contribution in [0, 0.1) is 6.92 Å². The number of nitrogens with one attached hydrogen (secondary N) is 2. The van der Waals surface area contributed by atoms with Gasteiger partial charge in [-0.1, -0.05) is 11.3 Å². The molecule has 0 spiro atoms. The van der Waals surface area contributed by atoms with E-state index in [0.717, 1.165) is 23.4 Å². The van der Waals surface area contributed by atoms with Gasteiger partial charge in [0.15, 0.2) is 0 Å². The fraction of sp³-hybridized carbons (Fsp3) is 0.462. The maximum Gasteiger partial charge on any atom is 0.226 e. The molecule has 2 N–H and O–H groups in total. The molecule has 2 amide bonds. The lowest BCUT2D eigenvalue weighted by Gasteiger charge is -2.26. The molecule has 8 nitrogen and oxygen atoms in total. The molecule has 0 aromatic carbocycles. The van der Waals surface area contributed by atoms with Crippen LogP contribution < -0.4 is 5.32 Å². The Morgan fingerprint density at radius 1 is 1.45 bits per heavy atom. The number of fused-ring (bicyclic) bond motifs is 1. The molecule has 1 aliphatic heterocycles. The zero-order chi connectivity index (χ0) is 15.5. The number of aromatic nitrogens is 4. The van der Waals surface area contributed by atoms with Crippen LogP contribution in [-0.4, -0.2) is 43.7 Å². The highest BCUT2D eigenvalue weighted by molar-refractivity contribution is 7.13. The topological polar surface area (TPSA) is 104 Å². The Hall–Kier alpha value is -2.29. The highest BCUT2D eigenvalue weighted by Crippen LogP contribution is 2.20. The summed E-state index contributed by atoms with van der Waals surface area (Å²) in [6.45, 7) is 3.16. The summed E-state index contributed by atoms with van der Waals surface area (Å²) in [4.78, 5) is 25.8. The largest absolute Gasteiger partial charge is 0.338 e. The Bertz CT molecular complexity index is 681. The van der Waals surface area contributed by atoms with Crippen molar-refractivity contribution in [3.63, 3.8) is 0 Å². The summed E-state index contributed by atoms with van der Waals surface area (Å²) >= 11 is 1.25. The number of anilines is 1. The van der Waals surface area contributed by atoms with Crippen molar-refractivity contribution in [2.24, 2.45) is 0 Å². The first-order valence-electron chi connectivity index (χ1n) is 7.00. The molecule has 0 fully saturated rings. The molecule has 2 aromatic rings. The molecule has 0 saturated carbocycles. The van der Waals surface area contributed by atoms with Crippen LogP contribution in [0.5, 0.6) is 0 Å². The number of rotatable bonds is 4. The van der Waals surface area contributed by atoms with Gasteiger partial charge in [-0.25, -0.2) is 0 Å². The predicted octanol–water partition coefficient (Wildman–Crippen LogP) is 0.873. The number of hydrogen-bond acceptors (Lipinski definition) is 6. The van der Waals surface area contributed by atoms with Gasteiger partial charge in [0.1, 0.15) is 5.51 Å². The molecule has 0 bridgehead atoms. The van der Waals surface area contributed by atoms with Crippen LogP contribution in [0.25, 0.3) is 0 Å². The van der Waals surface area contributed by atoms with Gasteiger partial charge < -0.3 is 10.2 Å². The fourth-order valence-corrected chi connectivity index (χ4v) is 2.89. The number of H-pyrrole nitrogens is 1. The number of aromatic amines is 1. The molecule has 9 heteroatoms. The van der Waals surface area contributed by atoms with E-state index in [1.165, 1.54) is 11.3 Å². The van der Waals surface area contributed by atoms with Gasteiger partial charge in [0.05, 0.1) is 5.69 Å². The van der Waals surface area contributed by atoms with E-state index in [1.807, 2.05) is 6.92 Å². The minimum Gasteiger partial charge on any atom is -0.338 e. The smallest absolute Gasteiger partial charge is 0.226 e. The molecule has 116 valence electrons. The summed E-state index contributed by atoms with van der Waals surface area (Å²) in [5.41, 5.74) is 4.68. The Balaban J connectivity index is 1.50. The van der Waals surface area contributed by atoms with Crippen LogP contribution in [0.4, 0.5) is 5.13 Å². The van der Waals surface area contributed by atoms with Crippen LogP contribution in [0.1, 0.15) is 29.8 Å². The van der Waals surface area contributed by atoms with E-state index in [2.05, 4.69) is 25.7 Å². The third-order valence-corrected chi connectivity index (χ3v) is 4.26. The van der Waals surface area contributed by atoms with E-state index in [4.69, 9.17) is 0 Å². The zero-order valence-electron chi connectivity index (χ0n) is 12.1. The van der Waals surface area contributed by atoms with Crippen molar-refractivity contribution in [2.45, 2.75) is 32.7 Å². The molecule has 0 atom stereocenters. The van der Waals surface area contributed by atoms with Crippen LogP contribution >= 0.6 is 11.3 Å². The average molecular weight is 320 g/mol. The van der Waals surface area contributed by atoms with E-state index in [1.54, 1.807) is 10.4 Å². The van der Waals surface area contributed by atoms with E-state index < -0.39 is 0 Å². The standard InChI is InChI=1S/C13H16N6O2S/c1-8-9-6-19(5-4-10(9)17-16-8)12(21)3-2-11(20)15-13-18-14-7-22-13/h7H,2-6H2,1H3,(H,16,17)(H,15,18,20). The Morgan fingerprint density at radius 2 is 2.32 bits per heavy atom. The highest BCUT2D eigenvalue weighted by atomic mass is 32.1. The molecule has 0 saturated heterocycles. The summed E-state index contributed by atoms with van der Waals surface area (Å²) in [6.07, 6.45) is 1.09. The Kier molecular flexibility index (Phi) is 4.14. The molecular weight excluding hydrogens is 304 g/mol. The first-order valence-corrected chi connectivity index (χ1v) is 7.88. The lowest BCUT2D eigenvalue weighted by atomic mass is 10.1. The second-order valence-corrected chi connectivity index (χ2v) is 5.96. The molecule has 2 aromatic heterocycles. The third kappa shape index (κ3) is 3.14. The van der Waals surface area contributed by atoms with Gasteiger partial charge in [0.25, 0.3) is 0 Å². The number of aryl methyl sites for hydroxylation is 1. The Labute approximate surface area is 130 Å². The predicted molar refractivity (Wildman–Crippen MR) is 80.2 cm³/mol. The van der Waals surface area contributed by atoms with Crippen molar-refractivity contribution in [3.8, 4) is 0 Å². The zero-order valence-corrected chi connectivity index (χ0v) is 12.9. The summed E-state index contributed by atoms with van der Waals surface area (Å²) in [6, 6.07) is 0. The second-order valence-electron chi connectivity index (χ2n) is 5.13. The average Bonchev–Trinajstić information content (AvgIpc) is 3.15. The second kappa shape index (κ2) is 6.22. The van der Waals surface area contributed by atoms with Crippen LogP contribution in [0.3, 0.4) is 0 Å². The van der Waals surface area contributed by atoms with Crippen molar-refractivity contribution < 1.29 is 9.59 Å². The molecule has 22 heavy (non-hydrogen) atoms. The number of carbonyl (C=O) groups is 2. The lowest BCUT2D eigenvalue weighted by molar-refractivity contribution is -0.133. The minimum absolute atomic E-state index is 0.0151. The van der Waals surface area contributed by atoms with E-state index in [9.17, 15) is 9.59 Å². The number of carbonyl (C=O) groups excluding carboxylic acids is 2. The monoisotopic (exact) mass is 320 g/mol. The molecule has 0 unspecified atom stereocenters. The maximum atomic E-state index is 12.2. The molecule has 0 aliphatic carbocycles. The van der Waals surface area contributed by atoms with Crippen molar-refractivity contribution in [3.05, 3.63) is 22.5 Å². The normalized spacial score (nSPS) is 13.8. The van der Waals surface area contributed by atoms with Crippen molar-refractivity contribution in [1.82, 2.24) is 25.3 Å². The maximum absolute atomic E-state index is 12.2. The van der Waals surface area contributed by atoms with Gasteiger partial charge in [-0.3, -0.25) is 14.7 Å². The Morgan fingerprint density at radius 3 is 3.09 bits per heavy atom. The van der Waals surface area contributed by atoms with Gasteiger partial charge in [0, 0.05) is 43.6 Å². The first kappa shape index (κ1) is 14.6. The highest BCUT2D eigenvalue weighted by Gasteiger charge is 2.24. The van der Waals surface area contributed by atoms with Crippen LogP contribution in [0.15, 0.2) is 5.51 Å². The van der Waals surface area contributed by atoms with Crippen LogP contribution in [0.2, 0.25) is 0 Å². The molecule has 3 heterocycles. The molecule has 3 rings (SSSR count). The molecular formula is C13H16N6O2S. The van der Waals surface area contributed by atoms with Gasteiger partial charge >= 0.3 is 0 Å². The molecule has 0 radical (unpaired) electrons. The quantitative estimate of drug-likeness (QED) is 0.870. The van der Waals surface area contributed by atoms with Crippen molar-refractivity contribution >= 4 is 28.3 Å². The first-order chi connectivity index (χ1) is 10.6. The van der Waals surface area contributed by atoms with Gasteiger partial charge in [-0.05, 0) is 6.92 Å². The van der Waals surface area contributed by atoms with E-state index >= 15 is 0 Å².